The molecule has 2 aromatic heterocycles. The van der Waals surface area contributed by atoms with Gasteiger partial charge in [0.2, 0.25) is 5.91 Å². The second kappa shape index (κ2) is 10.9. The number of aromatic nitrogens is 3. The first-order chi connectivity index (χ1) is 18.7. The maximum atomic E-state index is 12.9. The first kappa shape index (κ1) is 26.4. The molecule has 0 spiro atoms. The maximum Gasteiger partial charge on any atom is 0.347 e. The van der Waals surface area contributed by atoms with E-state index in [1.165, 1.54) is 24.4 Å². The number of H-pyrrole nitrogens is 1. The summed E-state index contributed by atoms with van der Waals surface area (Å²) in [6.07, 6.45) is 3.16. The lowest BCUT2D eigenvalue weighted by molar-refractivity contribution is -0.384. The molecule has 0 radical (unpaired) electrons. The van der Waals surface area contributed by atoms with Gasteiger partial charge in [-0.05, 0) is 37.3 Å². The van der Waals surface area contributed by atoms with Crippen LogP contribution in [0.25, 0.3) is 23.1 Å². The van der Waals surface area contributed by atoms with Crippen molar-refractivity contribution in [2.75, 3.05) is 11.1 Å². The van der Waals surface area contributed by atoms with Crippen molar-refractivity contribution < 1.29 is 19.2 Å². The van der Waals surface area contributed by atoms with Gasteiger partial charge in [-0.2, -0.15) is 5.10 Å². The molecule has 10 nitrogen and oxygen atoms in total. The number of benzene rings is 2. The summed E-state index contributed by atoms with van der Waals surface area (Å²) in [6.45, 7) is 1.77. The van der Waals surface area contributed by atoms with Crippen molar-refractivity contribution in [2.45, 2.75) is 11.9 Å². The van der Waals surface area contributed by atoms with E-state index in [0.717, 1.165) is 11.8 Å². The Balaban J connectivity index is 1.41. The standard InChI is InChI=1S/C26H17Cl2N5O5S/c1-13-7-18-21(9-15-11-29-32-24(15)14-3-2-4-17(8-14)33(36)37)38-26(35)23(18)25(30-13)39-12-22(34)31-20-6-5-16(27)10-19(20)28/h2-11H,12H2,1H3,(H,29,32)(H,31,34). The van der Waals surface area contributed by atoms with Gasteiger partial charge in [0.1, 0.15) is 16.3 Å². The molecular weight excluding hydrogens is 565 g/mol. The van der Waals surface area contributed by atoms with Crippen molar-refractivity contribution in [3.63, 3.8) is 0 Å². The summed E-state index contributed by atoms with van der Waals surface area (Å²) in [7, 11) is 0. The zero-order valence-electron chi connectivity index (χ0n) is 20.0. The van der Waals surface area contributed by atoms with Crippen LogP contribution >= 0.6 is 35.0 Å². The van der Waals surface area contributed by atoms with E-state index in [1.54, 1.807) is 43.3 Å². The van der Waals surface area contributed by atoms with Crippen LogP contribution < -0.4 is 5.32 Å². The Morgan fingerprint density at radius 2 is 2.05 bits per heavy atom. The Bertz CT molecular complexity index is 1690. The van der Waals surface area contributed by atoms with E-state index in [4.69, 9.17) is 27.9 Å². The van der Waals surface area contributed by atoms with Gasteiger partial charge in [-0.15, -0.1) is 0 Å². The van der Waals surface area contributed by atoms with Gasteiger partial charge < -0.3 is 10.1 Å². The number of nitro benzene ring substituents is 1. The van der Waals surface area contributed by atoms with Crippen molar-refractivity contribution in [3.8, 4) is 11.3 Å². The lowest BCUT2D eigenvalue weighted by atomic mass is 10.0. The minimum atomic E-state index is -0.604. The molecule has 0 saturated heterocycles. The highest BCUT2D eigenvalue weighted by Gasteiger charge is 2.32. The highest BCUT2D eigenvalue weighted by Crippen LogP contribution is 2.38. The van der Waals surface area contributed by atoms with Gasteiger partial charge in [0.05, 0.1) is 33.3 Å². The number of ether oxygens (including phenoxy) is 1. The quantitative estimate of drug-likeness (QED) is 0.111. The van der Waals surface area contributed by atoms with Crippen LogP contribution in [0.1, 0.15) is 27.2 Å². The monoisotopic (exact) mass is 581 g/mol. The van der Waals surface area contributed by atoms with Crippen molar-refractivity contribution in [1.82, 2.24) is 15.2 Å². The van der Waals surface area contributed by atoms with Crippen LogP contribution in [-0.2, 0) is 9.53 Å². The van der Waals surface area contributed by atoms with Crippen molar-refractivity contribution in [1.29, 1.82) is 0 Å². The lowest BCUT2D eigenvalue weighted by Crippen LogP contribution is -2.15. The third-order valence-electron chi connectivity index (χ3n) is 5.63. The van der Waals surface area contributed by atoms with E-state index in [1.807, 2.05) is 0 Å². The van der Waals surface area contributed by atoms with Gasteiger partial charge >= 0.3 is 5.97 Å². The van der Waals surface area contributed by atoms with Gasteiger partial charge in [-0.3, -0.25) is 20.0 Å². The Kier molecular flexibility index (Phi) is 7.38. The number of nitrogens with zero attached hydrogens (tertiary/aromatic N) is 3. The SMILES string of the molecule is Cc1cc2c(c(SCC(=O)Nc3ccc(Cl)cc3Cl)n1)C(=O)OC2=Cc1cn[nH]c1-c1cccc([N+](=O)[O-])c1. The molecular formula is C26H17Cl2N5O5S. The van der Waals surface area contributed by atoms with Crippen LogP contribution in [0.5, 0.6) is 0 Å². The molecule has 1 aliphatic heterocycles. The van der Waals surface area contributed by atoms with E-state index >= 15 is 0 Å². The number of thioether (sulfide) groups is 1. The summed E-state index contributed by atoms with van der Waals surface area (Å²) in [5, 5.41) is 21.9. The number of fused-ring (bicyclic) bond motifs is 1. The van der Waals surface area contributed by atoms with Crippen LogP contribution in [0.3, 0.4) is 0 Å². The number of nitrogens with one attached hydrogen (secondary N) is 2. The molecule has 2 N–H and O–H groups in total. The normalized spacial score (nSPS) is 13.3. The number of non-ortho nitro benzene ring substituents is 1. The number of carbonyl (C=O) groups is 2. The molecule has 196 valence electrons. The minimum absolute atomic E-state index is 0.0349. The average molecular weight is 582 g/mol. The van der Waals surface area contributed by atoms with Gasteiger partial charge in [-0.25, -0.2) is 9.78 Å². The third-order valence-corrected chi connectivity index (χ3v) is 7.16. The van der Waals surface area contributed by atoms with E-state index in [-0.39, 0.29) is 28.7 Å². The number of anilines is 1. The van der Waals surface area contributed by atoms with E-state index < -0.39 is 10.9 Å². The third kappa shape index (κ3) is 5.65. The van der Waals surface area contributed by atoms with Crippen molar-refractivity contribution in [2.24, 2.45) is 0 Å². The lowest BCUT2D eigenvalue weighted by Gasteiger charge is -2.09. The largest absolute Gasteiger partial charge is 0.422 e. The van der Waals surface area contributed by atoms with Crippen molar-refractivity contribution in [3.05, 3.63) is 97.3 Å². The van der Waals surface area contributed by atoms with Crippen LogP contribution in [0.2, 0.25) is 10.0 Å². The number of aryl methyl sites for hydroxylation is 1. The molecule has 13 heteroatoms. The predicted octanol–water partition coefficient (Wildman–Crippen LogP) is 6.39. The molecule has 39 heavy (non-hydrogen) atoms. The van der Waals surface area contributed by atoms with Crippen LogP contribution in [0.4, 0.5) is 11.4 Å². The highest BCUT2D eigenvalue weighted by atomic mass is 35.5. The summed E-state index contributed by atoms with van der Waals surface area (Å²) < 4.78 is 5.57. The van der Waals surface area contributed by atoms with Gasteiger partial charge in [0.25, 0.3) is 5.69 Å². The number of pyridine rings is 1. The first-order valence-electron chi connectivity index (χ1n) is 11.3. The summed E-state index contributed by atoms with van der Waals surface area (Å²) in [4.78, 5) is 40.6. The Morgan fingerprint density at radius 1 is 1.23 bits per heavy atom. The molecule has 3 heterocycles. The first-order valence-corrected chi connectivity index (χ1v) is 13.1. The molecule has 1 amide bonds. The average Bonchev–Trinajstić information content (AvgIpc) is 3.48. The summed E-state index contributed by atoms with van der Waals surface area (Å²) in [6, 6.07) is 12.6. The number of hydrogen-bond donors (Lipinski definition) is 2. The van der Waals surface area contributed by atoms with E-state index in [0.29, 0.717) is 48.8 Å². The fourth-order valence-corrected chi connectivity index (χ4v) is 5.26. The molecule has 0 atom stereocenters. The fraction of sp³-hybridized carbons (Fsp3) is 0.0769. The molecule has 5 rings (SSSR count). The molecule has 2 aromatic carbocycles. The van der Waals surface area contributed by atoms with Crippen LogP contribution in [-0.4, -0.2) is 37.7 Å². The number of rotatable bonds is 7. The number of halogens is 2. The van der Waals surface area contributed by atoms with E-state index in [2.05, 4.69) is 20.5 Å². The van der Waals surface area contributed by atoms with Gasteiger partial charge in [-0.1, -0.05) is 47.1 Å². The number of amides is 1. The van der Waals surface area contributed by atoms with Crippen LogP contribution in [0.15, 0.2) is 59.8 Å². The summed E-state index contributed by atoms with van der Waals surface area (Å²) >= 11 is 13.1. The molecule has 1 aliphatic rings. The van der Waals surface area contributed by atoms with Crippen molar-refractivity contribution >= 4 is 70.1 Å². The second-order valence-corrected chi connectivity index (χ2v) is 10.2. The van der Waals surface area contributed by atoms with E-state index in [9.17, 15) is 19.7 Å². The number of esters is 1. The number of nitro groups is 1. The number of cyclic esters (lactones) is 1. The molecule has 0 fully saturated rings. The molecule has 0 unspecified atom stereocenters. The summed E-state index contributed by atoms with van der Waals surface area (Å²) in [5.74, 6) is -0.712. The second-order valence-electron chi connectivity index (χ2n) is 8.36. The van der Waals surface area contributed by atoms with Gasteiger partial charge in [0.15, 0.2) is 0 Å². The molecule has 4 aromatic rings. The number of carbonyl (C=O) groups excluding carboxylic acids is 2. The Hall–Kier alpha value is -4.19. The number of aromatic amines is 1. The maximum absolute atomic E-state index is 12.9. The fourth-order valence-electron chi connectivity index (χ4n) is 3.92. The molecule has 0 saturated carbocycles. The topological polar surface area (TPSA) is 140 Å². The van der Waals surface area contributed by atoms with Crippen LogP contribution in [0, 0.1) is 17.0 Å². The Morgan fingerprint density at radius 3 is 2.82 bits per heavy atom. The minimum Gasteiger partial charge on any atom is -0.422 e. The smallest absolute Gasteiger partial charge is 0.347 e. The zero-order chi connectivity index (χ0) is 27.7. The predicted molar refractivity (Wildman–Crippen MR) is 149 cm³/mol. The number of hydrogen-bond acceptors (Lipinski definition) is 8. The Labute approximate surface area is 235 Å². The van der Waals surface area contributed by atoms with Gasteiger partial charge in [0, 0.05) is 39.5 Å². The summed E-state index contributed by atoms with van der Waals surface area (Å²) in [5.41, 5.74) is 3.36. The molecule has 0 aliphatic carbocycles. The zero-order valence-corrected chi connectivity index (χ0v) is 22.4. The molecule has 0 bridgehead atoms. The highest BCUT2D eigenvalue weighted by molar-refractivity contribution is 8.00.